The maximum atomic E-state index is 13.1. The van der Waals surface area contributed by atoms with Crippen molar-refractivity contribution in [1.29, 1.82) is 0 Å². The molecule has 0 aliphatic heterocycles. The Kier molecular flexibility index (Phi) is 14.6. The Labute approximate surface area is 384 Å². The normalized spacial score (nSPS) is 11.5. The van der Waals surface area contributed by atoms with E-state index < -0.39 is 19.7 Å². The van der Waals surface area contributed by atoms with Crippen LogP contribution in [-0.4, -0.2) is 77.9 Å². The van der Waals surface area contributed by atoms with Gasteiger partial charge < -0.3 is 29.4 Å². The summed E-state index contributed by atoms with van der Waals surface area (Å²) in [4.78, 5) is 36.0. The van der Waals surface area contributed by atoms with Gasteiger partial charge >= 0.3 is 0 Å². The van der Waals surface area contributed by atoms with Crippen LogP contribution in [0.2, 0.25) is 5.02 Å². The summed E-state index contributed by atoms with van der Waals surface area (Å²) in [6.45, 7) is 1.69. The number of methoxy groups -OCH3 is 1. The van der Waals surface area contributed by atoms with Crippen molar-refractivity contribution in [2.45, 2.75) is 32.7 Å². The molecule has 65 heavy (non-hydrogen) atoms. The zero-order valence-corrected chi connectivity index (χ0v) is 38.4. The first-order valence-corrected chi connectivity index (χ1v) is 24.0. The Morgan fingerprint density at radius 1 is 0.708 bits per heavy atom. The standard InChI is InChI=1S/C25H25N3O5S.C22H17ClN2O4S2/c1-28(2)12-13-32-20-4-3-5-22(15-20)34(30,31)21-8-6-18(7-9-21)16-27-25(29)23-14-19-10-11-26-17-24(19)33-23;1-29-19-11-17(6-7-18(19)23)31(27,28)16-4-2-14(3-5-16)12-25-22(26)20-10-15-8-9-24-13-21(15)30-20/h3-11,14-15,17H,12-13,16H2,1-2H3,(H,27,29);2-11,13H,12H2,1H3,(H,25,26). The second-order valence-electron chi connectivity index (χ2n) is 14.6. The van der Waals surface area contributed by atoms with E-state index in [2.05, 4.69) is 20.6 Å². The minimum absolute atomic E-state index is 0.0917. The summed E-state index contributed by atoms with van der Waals surface area (Å²) in [7, 11) is -2.12. The monoisotopic (exact) mass is 951 g/mol. The Morgan fingerprint density at radius 2 is 1.31 bits per heavy atom. The second kappa shape index (κ2) is 20.5. The molecule has 14 nitrogen and oxygen atoms in total. The first kappa shape index (κ1) is 46.4. The summed E-state index contributed by atoms with van der Waals surface area (Å²) in [5, 5.41) is 7.74. The molecule has 18 heteroatoms. The van der Waals surface area contributed by atoms with Crippen LogP contribution in [0.15, 0.2) is 164 Å². The van der Waals surface area contributed by atoms with Crippen LogP contribution in [-0.2, 0) is 32.8 Å². The van der Waals surface area contributed by atoms with Crippen LogP contribution in [0.3, 0.4) is 0 Å². The number of nitrogens with one attached hydrogen (secondary N) is 2. The fourth-order valence-corrected chi connectivity index (χ4v) is 9.97. The lowest BCUT2D eigenvalue weighted by atomic mass is 10.2. The SMILES string of the molecule is CN(C)CCOc1cccc(S(=O)(=O)c2ccc(CNC(=O)c3cc4ccncc4o3)cc2)c1.COc1cc(S(=O)(=O)c2ccc(CNC(=O)c3cc4ccncc4s3)cc2)ccc1Cl. The van der Waals surface area contributed by atoms with Gasteiger partial charge in [0.05, 0.1) is 47.5 Å². The molecule has 2 amide bonds. The molecule has 0 fully saturated rings. The van der Waals surface area contributed by atoms with Gasteiger partial charge in [-0.25, -0.2) is 16.8 Å². The van der Waals surface area contributed by atoms with Gasteiger partial charge in [0, 0.05) is 49.7 Å². The number of carbonyl (C=O) groups is 2. The van der Waals surface area contributed by atoms with Gasteiger partial charge in [0.2, 0.25) is 19.7 Å². The van der Waals surface area contributed by atoms with Gasteiger partial charge in [-0.15, -0.1) is 11.3 Å². The van der Waals surface area contributed by atoms with Gasteiger partial charge in [-0.1, -0.05) is 41.9 Å². The lowest BCUT2D eigenvalue weighted by Gasteiger charge is -2.12. The molecule has 0 unspecified atom stereocenters. The third-order valence-electron chi connectivity index (χ3n) is 9.82. The van der Waals surface area contributed by atoms with E-state index in [-0.39, 0.29) is 50.2 Å². The van der Waals surface area contributed by atoms with Crippen molar-refractivity contribution in [3.05, 3.63) is 167 Å². The Bertz CT molecular complexity index is 3130. The predicted octanol–water partition coefficient (Wildman–Crippen LogP) is 8.25. The van der Waals surface area contributed by atoms with Gasteiger partial charge in [-0.05, 0) is 109 Å². The average molecular weight is 953 g/mol. The molecule has 8 aromatic rings. The molecule has 0 spiro atoms. The topological polar surface area (TPSA) is 187 Å². The van der Waals surface area contributed by atoms with Crippen molar-refractivity contribution in [3.63, 3.8) is 0 Å². The summed E-state index contributed by atoms with van der Waals surface area (Å²) < 4.78 is 69.1. The number of furan rings is 1. The van der Waals surface area contributed by atoms with Gasteiger partial charge in [0.25, 0.3) is 11.8 Å². The van der Waals surface area contributed by atoms with Crippen molar-refractivity contribution >= 4 is 75.5 Å². The first-order chi connectivity index (χ1) is 31.2. The van der Waals surface area contributed by atoms with E-state index in [1.165, 1.54) is 67.0 Å². The number of benzene rings is 4. The van der Waals surface area contributed by atoms with Gasteiger partial charge in [0.15, 0.2) is 11.3 Å². The van der Waals surface area contributed by atoms with Gasteiger partial charge in [-0.3, -0.25) is 19.6 Å². The minimum atomic E-state index is -3.72. The quantitative estimate of drug-likeness (QED) is 0.100. The Hall–Kier alpha value is -6.63. The van der Waals surface area contributed by atoms with Crippen molar-refractivity contribution in [2.75, 3.05) is 34.4 Å². The Morgan fingerprint density at radius 3 is 1.92 bits per heavy atom. The van der Waals surface area contributed by atoms with Gasteiger partial charge in [-0.2, -0.15) is 0 Å². The molecule has 0 aliphatic carbocycles. The number of nitrogens with zero attached hydrogens (tertiary/aromatic N) is 3. The highest BCUT2D eigenvalue weighted by atomic mass is 35.5. The van der Waals surface area contributed by atoms with Crippen LogP contribution < -0.4 is 20.1 Å². The number of hydrogen-bond donors (Lipinski definition) is 2. The fraction of sp³-hybridized carbons (Fsp3) is 0.149. The largest absolute Gasteiger partial charge is 0.495 e. The number of likely N-dealkylation sites (N-methyl/N-ethyl adjacent to an activating group) is 1. The van der Waals surface area contributed by atoms with E-state index in [4.69, 9.17) is 25.5 Å². The van der Waals surface area contributed by atoms with E-state index in [1.54, 1.807) is 79.4 Å². The van der Waals surface area contributed by atoms with E-state index in [9.17, 15) is 26.4 Å². The number of halogens is 1. The van der Waals surface area contributed by atoms with Crippen molar-refractivity contribution < 1.29 is 40.3 Å². The fourth-order valence-electron chi connectivity index (χ4n) is 6.26. The van der Waals surface area contributed by atoms with Crippen molar-refractivity contribution in [1.82, 2.24) is 25.5 Å². The maximum absolute atomic E-state index is 13.1. The summed E-state index contributed by atoms with van der Waals surface area (Å²) in [6, 6.07) is 30.7. The molecule has 334 valence electrons. The Balaban J connectivity index is 0.000000195. The van der Waals surface area contributed by atoms with Gasteiger partial charge in [0.1, 0.15) is 18.1 Å². The lowest BCUT2D eigenvalue weighted by Crippen LogP contribution is -2.22. The number of aromatic nitrogens is 2. The molecule has 0 saturated carbocycles. The number of carbonyl (C=O) groups excluding carboxylic acids is 2. The number of amides is 2. The smallest absolute Gasteiger partial charge is 0.287 e. The first-order valence-electron chi connectivity index (χ1n) is 19.8. The molecule has 0 radical (unpaired) electrons. The third-order valence-corrected chi connectivity index (χ3v) is 14.8. The van der Waals surface area contributed by atoms with E-state index in [0.29, 0.717) is 33.6 Å². The maximum Gasteiger partial charge on any atom is 0.287 e. The van der Waals surface area contributed by atoms with Crippen LogP contribution >= 0.6 is 22.9 Å². The van der Waals surface area contributed by atoms with Crippen LogP contribution in [0.4, 0.5) is 0 Å². The molecule has 4 heterocycles. The summed E-state index contributed by atoms with van der Waals surface area (Å²) in [6.07, 6.45) is 6.60. The molecule has 4 aromatic carbocycles. The van der Waals surface area contributed by atoms with Crippen molar-refractivity contribution in [2.24, 2.45) is 0 Å². The molecule has 0 saturated heterocycles. The zero-order chi connectivity index (χ0) is 46.1. The number of hydrogen-bond acceptors (Lipinski definition) is 13. The minimum Gasteiger partial charge on any atom is -0.495 e. The van der Waals surface area contributed by atoms with E-state index >= 15 is 0 Å². The molecule has 0 aliphatic rings. The molecule has 2 N–H and O–H groups in total. The molecule has 8 rings (SSSR count). The highest BCUT2D eigenvalue weighted by Crippen LogP contribution is 2.31. The van der Waals surface area contributed by atoms with E-state index in [1.807, 2.05) is 31.1 Å². The highest BCUT2D eigenvalue weighted by Gasteiger charge is 2.21. The average Bonchev–Trinajstić information content (AvgIpc) is 3.96. The molecule has 0 atom stereocenters. The number of rotatable bonds is 15. The molecule has 0 bridgehead atoms. The van der Waals surface area contributed by atoms with Crippen molar-refractivity contribution in [3.8, 4) is 11.5 Å². The third kappa shape index (κ3) is 11.4. The van der Waals surface area contributed by atoms with Crippen LogP contribution in [0.25, 0.3) is 21.1 Å². The zero-order valence-electron chi connectivity index (χ0n) is 35.2. The summed E-state index contributed by atoms with van der Waals surface area (Å²) in [5.74, 6) is 0.433. The van der Waals surface area contributed by atoms with Crippen LogP contribution in [0.1, 0.15) is 31.4 Å². The van der Waals surface area contributed by atoms with Crippen LogP contribution in [0, 0.1) is 0 Å². The number of thiophene rings is 1. The number of ether oxygens (including phenoxy) is 2. The van der Waals surface area contributed by atoms with E-state index in [0.717, 1.165) is 33.1 Å². The van der Waals surface area contributed by atoms with Crippen LogP contribution in [0.5, 0.6) is 11.5 Å². The second-order valence-corrected chi connectivity index (χ2v) is 20.0. The molecular weight excluding hydrogens is 910 g/mol. The number of pyridine rings is 2. The molecule has 4 aromatic heterocycles. The predicted molar refractivity (Wildman–Crippen MR) is 248 cm³/mol. The number of sulfone groups is 2. The number of fused-ring (bicyclic) bond motifs is 2. The highest BCUT2D eigenvalue weighted by molar-refractivity contribution is 7.91. The summed E-state index contributed by atoms with van der Waals surface area (Å²) >= 11 is 7.36. The lowest BCUT2D eigenvalue weighted by molar-refractivity contribution is 0.0923. The molecular formula is C47H42ClN5O9S3. The summed E-state index contributed by atoms with van der Waals surface area (Å²) in [5.41, 5.74) is 2.07.